The van der Waals surface area contributed by atoms with Gasteiger partial charge in [0.25, 0.3) is 0 Å². The van der Waals surface area contributed by atoms with Crippen LogP contribution in [0, 0.1) is 5.92 Å². The van der Waals surface area contributed by atoms with Crippen molar-refractivity contribution in [3.8, 4) is 17.2 Å². The second-order valence-corrected chi connectivity index (χ2v) is 10.1. The Balaban J connectivity index is 1.54. The van der Waals surface area contributed by atoms with Gasteiger partial charge in [0.2, 0.25) is 5.91 Å². The van der Waals surface area contributed by atoms with E-state index in [2.05, 4.69) is 47.2 Å². The molecule has 7 nitrogen and oxygen atoms in total. The molecule has 0 atom stereocenters. The number of halogens is 1. The fourth-order valence-corrected chi connectivity index (χ4v) is 4.35. The highest BCUT2D eigenvalue weighted by Crippen LogP contribution is 2.33. The van der Waals surface area contributed by atoms with Crippen LogP contribution in [-0.2, 0) is 22.7 Å². The first kappa shape index (κ1) is 29.5. The summed E-state index contributed by atoms with van der Waals surface area (Å²) in [5.74, 6) is 2.50. The van der Waals surface area contributed by atoms with Crippen LogP contribution in [0.25, 0.3) is 10.9 Å². The molecule has 2 aromatic carbocycles. The first-order valence-electron chi connectivity index (χ1n) is 12.8. The Hall–Kier alpha value is -3.10. The van der Waals surface area contributed by atoms with Crippen LogP contribution in [0.4, 0.5) is 0 Å². The molecule has 0 saturated heterocycles. The molecule has 1 amide bonds. The number of unbranched alkanes of at least 4 members (excludes halogenated alkanes) is 2. The van der Waals surface area contributed by atoms with Crippen molar-refractivity contribution in [1.29, 1.82) is 0 Å². The minimum absolute atomic E-state index is 0.0569. The number of aromatic nitrogens is 1. The minimum Gasteiger partial charge on any atom is -0.493 e. The van der Waals surface area contributed by atoms with Crippen LogP contribution < -0.4 is 19.5 Å². The summed E-state index contributed by atoms with van der Waals surface area (Å²) in [4.78, 5) is 17.0. The number of nitrogens with one attached hydrogen (secondary N) is 1. The summed E-state index contributed by atoms with van der Waals surface area (Å²) in [6, 6.07) is 13.4. The van der Waals surface area contributed by atoms with E-state index in [9.17, 15) is 4.79 Å². The summed E-state index contributed by atoms with van der Waals surface area (Å²) in [7, 11) is 3.18. The molecule has 38 heavy (non-hydrogen) atoms. The summed E-state index contributed by atoms with van der Waals surface area (Å²) in [5.41, 5.74) is 2.49. The van der Waals surface area contributed by atoms with Gasteiger partial charge < -0.3 is 24.3 Å². The van der Waals surface area contributed by atoms with Gasteiger partial charge in [0.1, 0.15) is 12.4 Å². The number of allylic oxidation sites excluding steroid dienone is 2. The average molecular weight is 586 g/mol. The van der Waals surface area contributed by atoms with Gasteiger partial charge in [-0.05, 0) is 77.0 Å². The Kier molecular flexibility index (Phi) is 11.9. The maximum atomic E-state index is 12.2. The minimum atomic E-state index is 0.0569. The Morgan fingerprint density at radius 1 is 1.03 bits per heavy atom. The van der Waals surface area contributed by atoms with Gasteiger partial charge in [-0.2, -0.15) is 0 Å². The molecule has 0 radical (unpaired) electrons. The number of benzene rings is 2. The van der Waals surface area contributed by atoms with Gasteiger partial charge in [-0.1, -0.05) is 38.1 Å². The zero-order valence-electron chi connectivity index (χ0n) is 22.6. The van der Waals surface area contributed by atoms with Gasteiger partial charge >= 0.3 is 0 Å². The number of carbonyl (C=O) groups excluding carboxylic acids is 1. The number of carbonyl (C=O) groups is 1. The summed E-state index contributed by atoms with van der Waals surface area (Å²) < 4.78 is 22.9. The fraction of sp³-hybridized carbons (Fsp3) is 0.400. The van der Waals surface area contributed by atoms with E-state index in [-0.39, 0.29) is 19.3 Å². The number of hydrogen-bond acceptors (Lipinski definition) is 6. The second kappa shape index (κ2) is 15.3. The van der Waals surface area contributed by atoms with Crippen molar-refractivity contribution < 1.29 is 23.7 Å². The number of ether oxygens (including phenoxy) is 4. The van der Waals surface area contributed by atoms with Crippen LogP contribution in [0.2, 0.25) is 0 Å². The monoisotopic (exact) mass is 584 g/mol. The Labute approximate surface area is 233 Å². The molecule has 3 aromatic rings. The SMILES string of the molecule is COCOc1ccc2ccc(COc3ccc(CNC(=O)CCCC/C=C/C(C)C)cc3OC)nc2c1Br. The van der Waals surface area contributed by atoms with Crippen LogP contribution in [0.3, 0.4) is 0 Å². The van der Waals surface area contributed by atoms with Crippen molar-refractivity contribution >= 4 is 32.7 Å². The molecule has 0 spiro atoms. The maximum absolute atomic E-state index is 12.2. The van der Waals surface area contributed by atoms with Crippen LogP contribution in [0.1, 0.15) is 50.8 Å². The standard InChI is InChI=1S/C30H37BrN2O5/c1-21(2)9-7-5-6-8-10-28(34)32-18-22-11-15-25(27(17-22)36-4)37-19-24-14-12-23-13-16-26(38-20-35-3)29(31)30(23)33-24/h7,9,11-17,21H,5-6,8,10,18-20H2,1-4H3,(H,32,34)/b9-7+. The topological polar surface area (TPSA) is 78.9 Å². The van der Waals surface area contributed by atoms with E-state index in [1.807, 2.05) is 42.5 Å². The van der Waals surface area contributed by atoms with E-state index in [4.69, 9.17) is 23.9 Å². The number of nitrogens with zero attached hydrogens (tertiary/aromatic N) is 1. The van der Waals surface area contributed by atoms with Crippen LogP contribution >= 0.6 is 15.9 Å². The van der Waals surface area contributed by atoms with Crippen molar-refractivity contribution in [2.24, 2.45) is 5.92 Å². The number of amides is 1. The van der Waals surface area contributed by atoms with Gasteiger partial charge in [-0.3, -0.25) is 4.79 Å². The molecule has 1 N–H and O–H groups in total. The first-order chi connectivity index (χ1) is 18.4. The molecule has 1 heterocycles. The Bertz CT molecular complexity index is 1230. The highest BCUT2D eigenvalue weighted by Gasteiger charge is 2.11. The molecule has 0 saturated carbocycles. The average Bonchev–Trinajstić information content (AvgIpc) is 2.92. The summed E-state index contributed by atoms with van der Waals surface area (Å²) in [6.07, 6.45) is 7.84. The number of hydrogen-bond donors (Lipinski definition) is 1. The van der Waals surface area contributed by atoms with Crippen LogP contribution in [-0.4, -0.2) is 31.9 Å². The van der Waals surface area contributed by atoms with Crippen LogP contribution in [0.5, 0.6) is 17.2 Å². The lowest BCUT2D eigenvalue weighted by Gasteiger charge is -2.13. The van der Waals surface area contributed by atoms with Gasteiger partial charge in [0, 0.05) is 25.5 Å². The first-order valence-corrected chi connectivity index (χ1v) is 13.6. The molecule has 204 valence electrons. The number of rotatable bonds is 15. The zero-order valence-corrected chi connectivity index (χ0v) is 24.2. The van der Waals surface area contributed by atoms with E-state index in [1.54, 1.807) is 14.2 Å². The molecule has 3 rings (SSSR count). The molecule has 0 bridgehead atoms. The van der Waals surface area contributed by atoms with E-state index < -0.39 is 0 Å². The Morgan fingerprint density at radius 2 is 1.82 bits per heavy atom. The van der Waals surface area contributed by atoms with E-state index in [0.29, 0.717) is 36.1 Å². The molecule has 0 unspecified atom stereocenters. The Morgan fingerprint density at radius 3 is 2.58 bits per heavy atom. The van der Waals surface area contributed by atoms with Gasteiger partial charge in [0.05, 0.1) is 22.8 Å². The largest absolute Gasteiger partial charge is 0.493 e. The van der Waals surface area contributed by atoms with E-state index in [1.165, 1.54) is 0 Å². The summed E-state index contributed by atoms with van der Waals surface area (Å²) in [6.45, 7) is 5.19. The fourth-order valence-electron chi connectivity index (χ4n) is 3.79. The van der Waals surface area contributed by atoms with Crippen molar-refractivity contribution in [3.63, 3.8) is 0 Å². The zero-order chi connectivity index (χ0) is 27.3. The summed E-state index contributed by atoms with van der Waals surface area (Å²) >= 11 is 3.59. The molecule has 1 aromatic heterocycles. The van der Waals surface area contributed by atoms with Crippen molar-refractivity contribution in [2.75, 3.05) is 21.0 Å². The molecular weight excluding hydrogens is 548 g/mol. The quantitative estimate of drug-likeness (QED) is 0.118. The van der Waals surface area contributed by atoms with Crippen molar-refractivity contribution in [3.05, 3.63) is 70.3 Å². The third-order valence-corrected chi connectivity index (χ3v) is 6.56. The van der Waals surface area contributed by atoms with Crippen molar-refractivity contribution in [1.82, 2.24) is 10.3 Å². The lowest BCUT2D eigenvalue weighted by Crippen LogP contribution is -2.22. The third-order valence-electron chi connectivity index (χ3n) is 5.79. The third kappa shape index (κ3) is 9.03. The molecule has 0 aliphatic rings. The number of pyridine rings is 1. The highest BCUT2D eigenvalue weighted by atomic mass is 79.9. The normalized spacial score (nSPS) is 11.3. The molecule has 0 aliphatic heterocycles. The smallest absolute Gasteiger partial charge is 0.220 e. The molecule has 0 aliphatic carbocycles. The van der Waals surface area contributed by atoms with E-state index in [0.717, 1.165) is 45.9 Å². The number of fused-ring (bicyclic) bond motifs is 1. The van der Waals surface area contributed by atoms with Crippen LogP contribution in [0.15, 0.2) is 59.1 Å². The van der Waals surface area contributed by atoms with Gasteiger partial charge in [-0.15, -0.1) is 0 Å². The molecular formula is C30H37BrN2O5. The van der Waals surface area contributed by atoms with Crippen molar-refractivity contribution in [2.45, 2.75) is 52.7 Å². The highest BCUT2D eigenvalue weighted by molar-refractivity contribution is 9.10. The predicted molar refractivity (Wildman–Crippen MR) is 154 cm³/mol. The molecule has 8 heteroatoms. The predicted octanol–water partition coefficient (Wildman–Crippen LogP) is 6.96. The van der Waals surface area contributed by atoms with Gasteiger partial charge in [-0.25, -0.2) is 4.98 Å². The number of methoxy groups -OCH3 is 2. The van der Waals surface area contributed by atoms with E-state index >= 15 is 0 Å². The summed E-state index contributed by atoms with van der Waals surface area (Å²) in [5, 5.41) is 3.97. The van der Waals surface area contributed by atoms with Gasteiger partial charge in [0.15, 0.2) is 18.3 Å². The lowest BCUT2D eigenvalue weighted by atomic mass is 10.1. The maximum Gasteiger partial charge on any atom is 0.220 e. The lowest BCUT2D eigenvalue weighted by molar-refractivity contribution is -0.121. The molecule has 0 fully saturated rings. The second-order valence-electron chi connectivity index (χ2n) is 9.27.